The summed E-state index contributed by atoms with van der Waals surface area (Å²) in [6.07, 6.45) is 5.99. The zero-order valence-electron chi connectivity index (χ0n) is 20.3. The van der Waals surface area contributed by atoms with Crippen LogP contribution in [0.15, 0.2) is 30.3 Å². The topological polar surface area (TPSA) is 67.2 Å². The van der Waals surface area contributed by atoms with Crippen LogP contribution in [-0.2, 0) is 15.0 Å². The fourth-order valence-electron chi connectivity index (χ4n) is 4.12. The smallest absolute Gasteiger partial charge is 0.245 e. The van der Waals surface area contributed by atoms with Crippen molar-refractivity contribution in [3.8, 4) is 5.69 Å². The summed E-state index contributed by atoms with van der Waals surface area (Å²) in [6, 6.07) is 10.0. The van der Waals surface area contributed by atoms with Crippen molar-refractivity contribution >= 4 is 17.6 Å². The van der Waals surface area contributed by atoms with E-state index in [9.17, 15) is 9.59 Å². The van der Waals surface area contributed by atoms with Crippen molar-refractivity contribution in [2.75, 3.05) is 18.4 Å². The van der Waals surface area contributed by atoms with E-state index in [-0.39, 0.29) is 29.7 Å². The number of hydrogen-bond acceptors (Lipinski definition) is 3. The number of carbonyl (C=O) groups is 2. The Labute approximate surface area is 192 Å². The molecule has 0 aliphatic heterocycles. The summed E-state index contributed by atoms with van der Waals surface area (Å²) in [5, 5.41) is 7.82. The number of rotatable bonds is 8. The molecule has 32 heavy (non-hydrogen) atoms. The summed E-state index contributed by atoms with van der Waals surface area (Å²) in [5.74, 6) is 0.660. The van der Waals surface area contributed by atoms with Gasteiger partial charge in [-0.1, -0.05) is 64.7 Å². The van der Waals surface area contributed by atoms with Gasteiger partial charge in [-0.2, -0.15) is 5.10 Å². The van der Waals surface area contributed by atoms with Crippen LogP contribution < -0.4 is 5.32 Å². The molecule has 1 saturated carbocycles. The number of amides is 2. The Morgan fingerprint density at radius 1 is 1.16 bits per heavy atom. The number of aromatic nitrogens is 2. The van der Waals surface area contributed by atoms with Gasteiger partial charge in [0.1, 0.15) is 5.82 Å². The molecule has 6 nitrogen and oxygen atoms in total. The second-order valence-corrected chi connectivity index (χ2v) is 10.1. The van der Waals surface area contributed by atoms with E-state index in [0.717, 1.165) is 49.9 Å². The average Bonchev–Trinajstić information content (AvgIpc) is 3.41. The summed E-state index contributed by atoms with van der Waals surface area (Å²) in [5.41, 5.74) is 2.81. The zero-order valence-corrected chi connectivity index (χ0v) is 20.3. The predicted molar refractivity (Wildman–Crippen MR) is 129 cm³/mol. The van der Waals surface area contributed by atoms with Crippen LogP contribution in [0.2, 0.25) is 0 Å². The fraction of sp³-hybridized carbons (Fsp3) is 0.577. The van der Waals surface area contributed by atoms with Crippen LogP contribution in [0.3, 0.4) is 0 Å². The Bertz CT molecular complexity index is 918. The molecule has 0 spiro atoms. The summed E-state index contributed by atoms with van der Waals surface area (Å²) >= 11 is 0. The molecule has 1 aromatic carbocycles. The Morgan fingerprint density at radius 2 is 1.81 bits per heavy atom. The van der Waals surface area contributed by atoms with Gasteiger partial charge in [-0.3, -0.25) is 9.59 Å². The summed E-state index contributed by atoms with van der Waals surface area (Å²) < 4.78 is 1.78. The molecule has 1 aromatic heterocycles. The largest absolute Gasteiger partial charge is 0.333 e. The molecular formula is C26H38N4O2. The molecule has 2 amide bonds. The van der Waals surface area contributed by atoms with Crippen molar-refractivity contribution in [3.63, 3.8) is 0 Å². The van der Waals surface area contributed by atoms with Crippen LogP contribution in [0.1, 0.15) is 77.5 Å². The molecule has 3 rings (SSSR count). The maximum atomic E-state index is 13.1. The minimum Gasteiger partial charge on any atom is -0.333 e. The third-order valence-electron chi connectivity index (χ3n) is 6.16. The highest BCUT2D eigenvalue weighted by Crippen LogP contribution is 2.28. The van der Waals surface area contributed by atoms with Crippen molar-refractivity contribution in [1.29, 1.82) is 0 Å². The normalized spacial score (nSPS) is 14.5. The van der Waals surface area contributed by atoms with Crippen LogP contribution in [0, 0.1) is 12.8 Å². The third kappa shape index (κ3) is 5.99. The van der Waals surface area contributed by atoms with Crippen molar-refractivity contribution in [2.24, 2.45) is 5.92 Å². The van der Waals surface area contributed by atoms with E-state index in [1.807, 2.05) is 37.3 Å². The minimum absolute atomic E-state index is 0.0743. The monoisotopic (exact) mass is 438 g/mol. The number of carbonyl (C=O) groups excluding carboxylic acids is 2. The Hall–Kier alpha value is -2.63. The van der Waals surface area contributed by atoms with Gasteiger partial charge in [0, 0.05) is 23.9 Å². The Kier molecular flexibility index (Phi) is 7.75. The number of unbranched alkanes of at least 4 members (excludes halogenated alkanes) is 1. The van der Waals surface area contributed by atoms with Crippen LogP contribution >= 0.6 is 0 Å². The van der Waals surface area contributed by atoms with E-state index in [0.29, 0.717) is 12.4 Å². The third-order valence-corrected chi connectivity index (χ3v) is 6.16. The Morgan fingerprint density at radius 3 is 2.41 bits per heavy atom. The highest BCUT2D eigenvalue weighted by molar-refractivity contribution is 5.94. The van der Waals surface area contributed by atoms with Gasteiger partial charge in [0.05, 0.1) is 17.9 Å². The number of anilines is 1. The van der Waals surface area contributed by atoms with Crippen LogP contribution in [0.5, 0.6) is 0 Å². The first kappa shape index (κ1) is 24.0. The lowest BCUT2D eigenvalue weighted by molar-refractivity contribution is -0.138. The van der Waals surface area contributed by atoms with E-state index >= 15 is 0 Å². The second-order valence-electron chi connectivity index (χ2n) is 10.1. The molecule has 1 heterocycles. The summed E-state index contributed by atoms with van der Waals surface area (Å²) in [7, 11) is 0. The van der Waals surface area contributed by atoms with Crippen molar-refractivity contribution < 1.29 is 9.59 Å². The molecule has 2 aromatic rings. The van der Waals surface area contributed by atoms with Crippen molar-refractivity contribution in [3.05, 3.63) is 41.6 Å². The fourth-order valence-corrected chi connectivity index (χ4v) is 4.12. The number of aryl methyl sites for hydroxylation is 1. The van der Waals surface area contributed by atoms with E-state index < -0.39 is 0 Å². The van der Waals surface area contributed by atoms with E-state index in [1.54, 1.807) is 9.58 Å². The standard InChI is InChI=1S/C26H38N4O2/c1-6-7-16-29(25(32)20-10-8-9-11-20)18-24(31)27-23-17-22(26(3,4)5)28-30(23)21-14-12-19(2)13-15-21/h12-15,17,20H,6-11,16,18H2,1-5H3,(H,27,31). The molecule has 0 unspecified atom stereocenters. The van der Waals surface area contributed by atoms with Gasteiger partial charge in [0.2, 0.25) is 11.8 Å². The second kappa shape index (κ2) is 10.3. The molecule has 1 aliphatic rings. The molecule has 174 valence electrons. The number of nitrogens with zero attached hydrogens (tertiary/aromatic N) is 3. The van der Waals surface area contributed by atoms with Crippen molar-refractivity contribution in [2.45, 2.75) is 78.6 Å². The molecule has 1 fully saturated rings. The molecule has 6 heteroatoms. The molecular weight excluding hydrogens is 400 g/mol. The molecule has 0 atom stereocenters. The summed E-state index contributed by atoms with van der Waals surface area (Å²) in [6.45, 7) is 11.2. The Balaban J connectivity index is 1.80. The van der Waals surface area contributed by atoms with Gasteiger partial charge in [-0.05, 0) is 38.3 Å². The molecule has 0 radical (unpaired) electrons. The first-order valence-electron chi connectivity index (χ1n) is 11.9. The summed E-state index contributed by atoms with van der Waals surface area (Å²) in [4.78, 5) is 27.8. The van der Waals surface area contributed by atoms with Gasteiger partial charge < -0.3 is 10.2 Å². The van der Waals surface area contributed by atoms with Gasteiger partial charge in [-0.25, -0.2) is 4.68 Å². The first-order valence-corrected chi connectivity index (χ1v) is 11.9. The molecule has 0 bridgehead atoms. The van der Waals surface area contributed by atoms with Crippen LogP contribution in [-0.4, -0.2) is 39.6 Å². The van der Waals surface area contributed by atoms with E-state index in [4.69, 9.17) is 5.10 Å². The number of benzene rings is 1. The van der Waals surface area contributed by atoms with Crippen molar-refractivity contribution in [1.82, 2.24) is 14.7 Å². The maximum Gasteiger partial charge on any atom is 0.245 e. The molecule has 1 N–H and O–H groups in total. The lowest BCUT2D eigenvalue weighted by Crippen LogP contribution is -2.41. The SMILES string of the molecule is CCCCN(CC(=O)Nc1cc(C(C)(C)C)nn1-c1ccc(C)cc1)C(=O)C1CCCC1. The van der Waals surface area contributed by atoms with Crippen LogP contribution in [0.25, 0.3) is 5.69 Å². The van der Waals surface area contributed by atoms with Crippen LogP contribution in [0.4, 0.5) is 5.82 Å². The van der Waals surface area contributed by atoms with Gasteiger partial charge in [0.15, 0.2) is 0 Å². The lowest BCUT2D eigenvalue weighted by atomic mass is 9.92. The van der Waals surface area contributed by atoms with E-state index in [2.05, 4.69) is 33.0 Å². The lowest BCUT2D eigenvalue weighted by Gasteiger charge is -2.25. The maximum absolute atomic E-state index is 13.1. The number of nitrogens with one attached hydrogen (secondary N) is 1. The zero-order chi connectivity index (χ0) is 23.3. The predicted octanol–water partition coefficient (Wildman–Crippen LogP) is 5.24. The highest BCUT2D eigenvalue weighted by Gasteiger charge is 2.28. The van der Waals surface area contributed by atoms with Gasteiger partial charge in [-0.15, -0.1) is 0 Å². The molecule has 0 saturated heterocycles. The quantitative estimate of drug-likeness (QED) is 0.613. The molecule has 1 aliphatic carbocycles. The van der Waals surface area contributed by atoms with Gasteiger partial charge >= 0.3 is 0 Å². The van der Waals surface area contributed by atoms with E-state index in [1.165, 1.54) is 5.56 Å². The number of hydrogen-bond donors (Lipinski definition) is 1. The highest BCUT2D eigenvalue weighted by atomic mass is 16.2. The van der Waals surface area contributed by atoms with Gasteiger partial charge in [0.25, 0.3) is 0 Å². The minimum atomic E-state index is -0.179. The first-order chi connectivity index (χ1) is 15.2. The average molecular weight is 439 g/mol.